The molecule has 0 amide bonds. The van der Waals surface area contributed by atoms with Crippen molar-refractivity contribution >= 4 is 9.84 Å². The Kier molecular flexibility index (Phi) is 8.01. The summed E-state index contributed by atoms with van der Waals surface area (Å²) in [5, 5.41) is 10.9. The first-order chi connectivity index (χ1) is 18.6. The molecule has 0 saturated carbocycles. The highest BCUT2D eigenvalue weighted by Gasteiger charge is 2.33. The third kappa shape index (κ3) is 5.35. The number of para-hydroxylation sites is 1. The van der Waals surface area contributed by atoms with E-state index in [0.29, 0.717) is 12.0 Å². The van der Waals surface area contributed by atoms with Crippen LogP contribution in [-0.4, -0.2) is 42.3 Å². The summed E-state index contributed by atoms with van der Waals surface area (Å²) in [6.07, 6.45) is 2.06. The van der Waals surface area contributed by atoms with Gasteiger partial charge in [-0.15, -0.1) is 0 Å². The number of halogens is 1. The van der Waals surface area contributed by atoms with Crippen molar-refractivity contribution in [1.82, 2.24) is 14.5 Å². The highest BCUT2D eigenvalue weighted by molar-refractivity contribution is 7.91. The maximum atomic E-state index is 14.1. The zero-order valence-electron chi connectivity index (χ0n) is 21.9. The van der Waals surface area contributed by atoms with Crippen LogP contribution in [0.4, 0.5) is 4.39 Å². The summed E-state index contributed by atoms with van der Waals surface area (Å²) in [6, 6.07) is 13.2. The first-order valence-corrected chi connectivity index (χ1v) is 13.6. The van der Waals surface area contributed by atoms with Gasteiger partial charge in [0.25, 0.3) is 5.56 Å². The number of rotatable bonds is 9. The number of nitrogens with zero attached hydrogens (tertiary/aromatic N) is 3. The number of aryl methyl sites for hydroxylation is 1. The lowest BCUT2D eigenvalue weighted by atomic mass is 10.1. The highest BCUT2D eigenvalue weighted by atomic mass is 32.2. The number of benzene rings is 2. The van der Waals surface area contributed by atoms with E-state index in [-0.39, 0.29) is 45.8 Å². The molecule has 39 heavy (non-hydrogen) atoms. The van der Waals surface area contributed by atoms with Crippen LogP contribution in [-0.2, 0) is 16.3 Å². The molecule has 11 heteroatoms. The molecule has 0 saturated heterocycles. The van der Waals surface area contributed by atoms with Crippen molar-refractivity contribution in [3.63, 3.8) is 0 Å². The van der Waals surface area contributed by atoms with Crippen LogP contribution in [0.5, 0.6) is 17.4 Å². The monoisotopic (exact) mass is 553 g/mol. The van der Waals surface area contributed by atoms with Gasteiger partial charge in [-0.05, 0) is 42.7 Å². The minimum Gasteiger partial charge on any atom is -0.494 e. The fourth-order valence-corrected chi connectivity index (χ4v) is 5.79. The van der Waals surface area contributed by atoms with Crippen molar-refractivity contribution in [2.24, 2.45) is 5.92 Å². The first kappa shape index (κ1) is 27.8. The molecule has 4 rings (SSSR count). The summed E-state index contributed by atoms with van der Waals surface area (Å²) in [6.45, 7) is 3.98. The molecule has 0 unspecified atom stereocenters. The largest absolute Gasteiger partial charge is 0.494 e. The Bertz CT molecular complexity index is 1650. The zero-order valence-corrected chi connectivity index (χ0v) is 22.7. The van der Waals surface area contributed by atoms with E-state index in [9.17, 15) is 22.7 Å². The van der Waals surface area contributed by atoms with Gasteiger partial charge in [0.2, 0.25) is 21.7 Å². The van der Waals surface area contributed by atoms with Crippen molar-refractivity contribution in [2.45, 2.75) is 36.5 Å². The van der Waals surface area contributed by atoms with Crippen LogP contribution in [0.1, 0.15) is 26.1 Å². The maximum Gasteiger partial charge on any atom is 0.281 e. The molecule has 0 spiro atoms. The molecule has 4 aromatic rings. The van der Waals surface area contributed by atoms with Crippen LogP contribution < -0.4 is 15.0 Å². The van der Waals surface area contributed by atoms with Crippen LogP contribution in [0.2, 0.25) is 0 Å². The maximum absolute atomic E-state index is 14.1. The first-order valence-electron chi connectivity index (χ1n) is 12.1. The fourth-order valence-electron chi connectivity index (χ4n) is 4.23. The number of sulfone groups is 1. The van der Waals surface area contributed by atoms with Crippen molar-refractivity contribution in [3.8, 4) is 34.2 Å². The lowest BCUT2D eigenvalue weighted by Crippen LogP contribution is -2.30. The Hall–Kier alpha value is -4.25. The molecule has 0 aliphatic heterocycles. The molecule has 0 atom stereocenters. The van der Waals surface area contributed by atoms with Gasteiger partial charge in [0.05, 0.1) is 19.1 Å². The molecule has 0 fully saturated rings. The number of methoxy groups -OCH3 is 2. The van der Waals surface area contributed by atoms with Crippen LogP contribution in [0, 0.1) is 11.9 Å². The second-order valence-electron chi connectivity index (χ2n) is 9.13. The number of hydrogen-bond acceptors (Lipinski definition) is 8. The standard InChI is InChI=1S/C28H28FN3O6S/c1-17(2)12-15-24-31-27(33)26(28(34)32(24)25-20(37-3)9-7-10-21(25)38-4)39(35,36)22-11-6-5-8-19(22)18-13-14-23(29)30-16-18/h5-11,13-14,16-17,33H,12,15H2,1-4H3. The Morgan fingerprint density at radius 2 is 1.67 bits per heavy atom. The molecule has 2 heterocycles. The molecule has 204 valence electrons. The topological polar surface area (TPSA) is 121 Å². The van der Waals surface area contributed by atoms with Gasteiger partial charge in [0.1, 0.15) is 23.0 Å². The van der Waals surface area contributed by atoms with E-state index in [2.05, 4.69) is 9.97 Å². The number of hydrogen-bond donors (Lipinski definition) is 1. The lowest BCUT2D eigenvalue weighted by Gasteiger charge is -2.20. The molecule has 0 aliphatic carbocycles. The smallest absolute Gasteiger partial charge is 0.281 e. The van der Waals surface area contributed by atoms with Gasteiger partial charge in [-0.3, -0.25) is 9.36 Å². The second kappa shape index (κ2) is 11.2. The highest BCUT2D eigenvalue weighted by Crippen LogP contribution is 2.36. The fraction of sp³-hybridized carbons (Fsp3) is 0.250. The molecule has 9 nitrogen and oxygen atoms in total. The molecular weight excluding hydrogens is 525 g/mol. The predicted molar refractivity (Wildman–Crippen MR) is 143 cm³/mol. The summed E-state index contributed by atoms with van der Waals surface area (Å²) in [7, 11) is -1.83. The third-order valence-electron chi connectivity index (χ3n) is 6.15. The number of aromatic nitrogens is 3. The molecular formula is C28H28FN3O6S. The van der Waals surface area contributed by atoms with Gasteiger partial charge in [-0.2, -0.15) is 9.37 Å². The minimum absolute atomic E-state index is 0.143. The average Bonchev–Trinajstić information content (AvgIpc) is 2.91. The molecule has 0 bridgehead atoms. The van der Waals surface area contributed by atoms with E-state index in [4.69, 9.17) is 9.47 Å². The van der Waals surface area contributed by atoms with Crippen molar-refractivity contribution in [1.29, 1.82) is 0 Å². The Morgan fingerprint density at radius 1 is 1.00 bits per heavy atom. The van der Waals surface area contributed by atoms with Gasteiger partial charge in [0.15, 0.2) is 4.90 Å². The lowest BCUT2D eigenvalue weighted by molar-refractivity contribution is 0.386. The molecule has 0 aliphatic rings. The SMILES string of the molecule is COc1cccc(OC)c1-n1c(CCC(C)C)nc(O)c(S(=O)(=O)c2ccccc2-c2ccc(F)nc2)c1=O. The summed E-state index contributed by atoms with van der Waals surface area (Å²) in [5.74, 6) is -0.783. The summed E-state index contributed by atoms with van der Waals surface area (Å²) in [5.41, 5.74) is -0.375. The molecule has 1 N–H and O–H groups in total. The van der Waals surface area contributed by atoms with Gasteiger partial charge >= 0.3 is 0 Å². The van der Waals surface area contributed by atoms with Crippen LogP contribution in [0.3, 0.4) is 0 Å². The van der Waals surface area contributed by atoms with E-state index in [0.717, 1.165) is 10.6 Å². The normalized spacial score (nSPS) is 11.5. The van der Waals surface area contributed by atoms with Crippen LogP contribution in [0.25, 0.3) is 16.8 Å². The molecule has 2 aromatic carbocycles. The Balaban J connectivity index is 2.04. The zero-order chi connectivity index (χ0) is 28.3. The Morgan fingerprint density at radius 3 is 2.26 bits per heavy atom. The van der Waals surface area contributed by atoms with Gasteiger partial charge < -0.3 is 14.6 Å². The van der Waals surface area contributed by atoms with Crippen LogP contribution >= 0.6 is 0 Å². The van der Waals surface area contributed by atoms with E-state index in [1.165, 1.54) is 44.7 Å². The van der Waals surface area contributed by atoms with Crippen molar-refractivity contribution < 1.29 is 27.4 Å². The van der Waals surface area contributed by atoms with Crippen molar-refractivity contribution in [3.05, 3.63) is 82.9 Å². The van der Waals surface area contributed by atoms with Gasteiger partial charge in [-0.25, -0.2) is 13.4 Å². The van der Waals surface area contributed by atoms with Gasteiger partial charge in [0, 0.05) is 23.7 Å². The van der Waals surface area contributed by atoms with E-state index < -0.39 is 32.1 Å². The number of aromatic hydroxyl groups is 1. The summed E-state index contributed by atoms with van der Waals surface area (Å²) < 4.78 is 53.6. The van der Waals surface area contributed by atoms with Crippen LogP contribution in [0.15, 0.2) is 75.4 Å². The Labute approximate surface area is 225 Å². The van der Waals surface area contributed by atoms with E-state index >= 15 is 0 Å². The van der Waals surface area contributed by atoms with Gasteiger partial charge in [-0.1, -0.05) is 38.1 Å². The molecule has 0 radical (unpaired) electrons. The number of pyridine rings is 1. The summed E-state index contributed by atoms with van der Waals surface area (Å²) >= 11 is 0. The van der Waals surface area contributed by atoms with Crippen molar-refractivity contribution in [2.75, 3.05) is 14.2 Å². The average molecular weight is 554 g/mol. The van der Waals surface area contributed by atoms with E-state index in [1.807, 2.05) is 13.8 Å². The third-order valence-corrected chi connectivity index (χ3v) is 7.98. The predicted octanol–water partition coefficient (Wildman–Crippen LogP) is 4.58. The second-order valence-corrected chi connectivity index (χ2v) is 11.0. The quantitative estimate of drug-likeness (QED) is 0.299. The molecule has 2 aromatic heterocycles. The minimum atomic E-state index is -4.66. The summed E-state index contributed by atoms with van der Waals surface area (Å²) in [4.78, 5) is 20.7. The number of ether oxygens (including phenoxy) is 2. The van der Waals surface area contributed by atoms with E-state index in [1.54, 1.807) is 24.3 Å².